The third kappa shape index (κ3) is 4.15. The number of halogens is 1. The summed E-state index contributed by atoms with van der Waals surface area (Å²) in [6, 6.07) is 17.4. The van der Waals surface area contributed by atoms with Gasteiger partial charge in [-0.3, -0.25) is 9.69 Å². The first kappa shape index (κ1) is 19.6. The van der Waals surface area contributed by atoms with Crippen molar-refractivity contribution >= 4 is 23.4 Å². The number of hydrogen-bond acceptors (Lipinski definition) is 3. The minimum absolute atomic E-state index is 0.0988. The molecule has 2 aromatic carbocycles. The lowest BCUT2D eigenvalue weighted by Gasteiger charge is -2.18. The van der Waals surface area contributed by atoms with Crippen molar-refractivity contribution < 1.29 is 14.0 Å². The molecule has 1 aliphatic heterocycles. The van der Waals surface area contributed by atoms with Crippen LogP contribution in [0.1, 0.15) is 21.5 Å². The van der Waals surface area contributed by atoms with Crippen LogP contribution in [0.15, 0.2) is 66.9 Å². The number of nitrogens with one attached hydrogen (secondary N) is 1. The van der Waals surface area contributed by atoms with E-state index >= 15 is 0 Å². The van der Waals surface area contributed by atoms with Crippen LogP contribution in [-0.4, -0.2) is 34.9 Å². The van der Waals surface area contributed by atoms with E-state index in [9.17, 15) is 14.0 Å². The SMILES string of the molecule is Cc1ccc(C(=O)Nc2ccc(N3CCN(Cc4ccccc4)C3=O)nc2)cc1F. The van der Waals surface area contributed by atoms with E-state index in [1.165, 1.54) is 12.3 Å². The first-order valence-electron chi connectivity index (χ1n) is 9.65. The first-order chi connectivity index (χ1) is 14.5. The lowest BCUT2D eigenvalue weighted by atomic mass is 10.1. The van der Waals surface area contributed by atoms with Crippen molar-refractivity contribution in [1.82, 2.24) is 9.88 Å². The highest BCUT2D eigenvalue weighted by Gasteiger charge is 2.30. The smallest absolute Gasteiger partial charge is 0.321 e. The summed E-state index contributed by atoms with van der Waals surface area (Å²) in [6.07, 6.45) is 1.49. The van der Waals surface area contributed by atoms with Gasteiger partial charge >= 0.3 is 6.03 Å². The quantitative estimate of drug-likeness (QED) is 0.692. The summed E-state index contributed by atoms with van der Waals surface area (Å²) in [5, 5.41) is 2.69. The molecule has 1 saturated heterocycles. The number of carbonyl (C=O) groups is 2. The third-order valence-electron chi connectivity index (χ3n) is 5.03. The summed E-state index contributed by atoms with van der Waals surface area (Å²) >= 11 is 0. The fourth-order valence-corrected chi connectivity index (χ4v) is 3.30. The predicted molar refractivity (Wildman–Crippen MR) is 113 cm³/mol. The van der Waals surface area contributed by atoms with Crippen LogP contribution in [-0.2, 0) is 6.54 Å². The van der Waals surface area contributed by atoms with E-state index in [1.54, 1.807) is 41.0 Å². The van der Waals surface area contributed by atoms with E-state index in [-0.39, 0.29) is 11.6 Å². The van der Waals surface area contributed by atoms with E-state index in [0.717, 1.165) is 5.56 Å². The molecule has 1 aliphatic rings. The minimum atomic E-state index is -0.427. The van der Waals surface area contributed by atoms with Crippen LogP contribution in [0.25, 0.3) is 0 Å². The molecule has 0 atom stereocenters. The van der Waals surface area contributed by atoms with Crippen molar-refractivity contribution in [2.24, 2.45) is 0 Å². The second-order valence-electron chi connectivity index (χ2n) is 7.16. The van der Waals surface area contributed by atoms with Gasteiger partial charge in [-0.1, -0.05) is 36.4 Å². The van der Waals surface area contributed by atoms with E-state index in [1.807, 2.05) is 30.3 Å². The van der Waals surface area contributed by atoms with Crippen LogP contribution < -0.4 is 10.2 Å². The number of aryl methyl sites for hydroxylation is 1. The van der Waals surface area contributed by atoms with Crippen LogP contribution >= 0.6 is 0 Å². The number of nitrogens with zero attached hydrogens (tertiary/aromatic N) is 3. The standard InChI is InChI=1S/C23H21FN4O2/c1-16-7-8-18(13-20(16)24)22(29)26-19-9-10-21(25-14-19)28-12-11-27(23(28)30)15-17-5-3-2-4-6-17/h2-10,13-14H,11-12,15H2,1H3,(H,26,29). The number of amides is 3. The van der Waals surface area contributed by atoms with Gasteiger partial charge in [0.1, 0.15) is 11.6 Å². The molecule has 3 amide bonds. The summed E-state index contributed by atoms with van der Waals surface area (Å²) < 4.78 is 13.7. The maximum absolute atomic E-state index is 13.7. The van der Waals surface area contributed by atoms with E-state index in [2.05, 4.69) is 10.3 Å². The maximum atomic E-state index is 13.7. The van der Waals surface area contributed by atoms with E-state index in [0.29, 0.717) is 36.7 Å². The summed E-state index contributed by atoms with van der Waals surface area (Å²) in [5.41, 5.74) is 2.26. The number of hydrogen-bond donors (Lipinski definition) is 1. The van der Waals surface area contributed by atoms with Gasteiger partial charge in [-0.25, -0.2) is 14.2 Å². The Morgan fingerprint density at radius 3 is 2.60 bits per heavy atom. The van der Waals surface area contributed by atoms with Gasteiger partial charge in [0.2, 0.25) is 0 Å². The van der Waals surface area contributed by atoms with Crippen molar-refractivity contribution in [3.05, 3.63) is 89.4 Å². The van der Waals surface area contributed by atoms with E-state index in [4.69, 9.17) is 0 Å². The lowest BCUT2D eigenvalue weighted by molar-refractivity contribution is 0.102. The molecule has 0 bridgehead atoms. The van der Waals surface area contributed by atoms with Crippen LogP contribution in [0.4, 0.5) is 20.7 Å². The average Bonchev–Trinajstić information content (AvgIpc) is 3.11. The monoisotopic (exact) mass is 404 g/mol. The Kier molecular flexibility index (Phi) is 5.43. The maximum Gasteiger partial charge on any atom is 0.326 e. The summed E-state index contributed by atoms with van der Waals surface area (Å²) in [4.78, 5) is 32.7. The Hall–Kier alpha value is -3.74. The minimum Gasteiger partial charge on any atom is -0.321 e. The summed E-state index contributed by atoms with van der Waals surface area (Å²) in [6.45, 7) is 3.36. The van der Waals surface area contributed by atoms with Crippen LogP contribution in [0.3, 0.4) is 0 Å². The topological polar surface area (TPSA) is 65.5 Å². The molecule has 4 rings (SSSR count). The zero-order valence-electron chi connectivity index (χ0n) is 16.5. The van der Waals surface area contributed by atoms with E-state index < -0.39 is 11.7 Å². The molecule has 0 saturated carbocycles. The molecule has 1 N–H and O–H groups in total. The Morgan fingerprint density at radius 1 is 1.10 bits per heavy atom. The van der Waals surface area contributed by atoms with Crippen LogP contribution in [0.5, 0.6) is 0 Å². The molecule has 0 unspecified atom stereocenters. The number of carbonyl (C=O) groups excluding carboxylic acids is 2. The second-order valence-corrected chi connectivity index (χ2v) is 7.16. The van der Waals surface area contributed by atoms with Gasteiger partial charge in [0.05, 0.1) is 11.9 Å². The summed E-state index contributed by atoms with van der Waals surface area (Å²) in [5.74, 6) is -0.326. The van der Waals surface area contributed by atoms with Crippen molar-refractivity contribution in [1.29, 1.82) is 0 Å². The molecule has 1 fully saturated rings. The van der Waals surface area contributed by atoms with Gasteiger partial charge in [0.15, 0.2) is 0 Å². The summed E-state index contributed by atoms with van der Waals surface area (Å²) in [7, 11) is 0. The number of aromatic nitrogens is 1. The zero-order chi connectivity index (χ0) is 21.1. The molecule has 0 radical (unpaired) electrons. The highest BCUT2D eigenvalue weighted by molar-refractivity contribution is 6.04. The predicted octanol–water partition coefficient (Wildman–Crippen LogP) is 4.22. The first-order valence-corrected chi connectivity index (χ1v) is 9.65. The Morgan fingerprint density at radius 2 is 1.90 bits per heavy atom. The molecule has 0 aliphatic carbocycles. The fourth-order valence-electron chi connectivity index (χ4n) is 3.30. The van der Waals surface area contributed by atoms with Crippen LogP contribution in [0, 0.1) is 12.7 Å². The number of pyridine rings is 1. The highest BCUT2D eigenvalue weighted by Crippen LogP contribution is 2.21. The fraction of sp³-hybridized carbons (Fsp3) is 0.174. The Bertz CT molecular complexity index is 1070. The molecule has 3 aromatic rings. The Labute approximate surface area is 174 Å². The van der Waals surface area contributed by atoms with Crippen LogP contribution in [0.2, 0.25) is 0 Å². The van der Waals surface area contributed by atoms with Crippen molar-refractivity contribution in [3.8, 4) is 0 Å². The molecular formula is C23H21FN4O2. The number of anilines is 2. The average molecular weight is 404 g/mol. The molecule has 2 heterocycles. The Balaban J connectivity index is 1.40. The molecule has 1 aromatic heterocycles. The molecule has 7 heteroatoms. The highest BCUT2D eigenvalue weighted by atomic mass is 19.1. The number of urea groups is 1. The van der Waals surface area contributed by atoms with Gasteiger partial charge in [-0.2, -0.15) is 0 Å². The molecule has 30 heavy (non-hydrogen) atoms. The van der Waals surface area contributed by atoms with Gasteiger partial charge in [-0.15, -0.1) is 0 Å². The molecule has 0 spiro atoms. The third-order valence-corrected chi connectivity index (χ3v) is 5.03. The normalized spacial score (nSPS) is 13.6. The largest absolute Gasteiger partial charge is 0.326 e. The van der Waals surface area contributed by atoms with Crippen molar-refractivity contribution in [2.75, 3.05) is 23.3 Å². The molecular weight excluding hydrogens is 383 g/mol. The molecule has 152 valence electrons. The molecule has 6 nitrogen and oxygen atoms in total. The van der Waals surface area contributed by atoms with Gasteiger partial charge < -0.3 is 10.2 Å². The number of benzene rings is 2. The zero-order valence-corrected chi connectivity index (χ0v) is 16.5. The van der Waals surface area contributed by atoms with Crippen molar-refractivity contribution in [3.63, 3.8) is 0 Å². The van der Waals surface area contributed by atoms with Gasteiger partial charge in [-0.05, 0) is 42.3 Å². The second kappa shape index (κ2) is 8.32. The van der Waals surface area contributed by atoms with Crippen molar-refractivity contribution in [2.45, 2.75) is 13.5 Å². The van der Waals surface area contributed by atoms with Gasteiger partial charge in [0, 0.05) is 25.2 Å². The van der Waals surface area contributed by atoms with Gasteiger partial charge in [0.25, 0.3) is 5.91 Å². The lowest BCUT2D eigenvalue weighted by Crippen LogP contribution is -2.31. The number of rotatable bonds is 5.